The summed E-state index contributed by atoms with van der Waals surface area (Å²) < 4.78 is 52.6. The number of phenolic OH excluding ortho intramolecular Hbond substituents is 1. The normalized spacial score (nSPS) is 24.4. The summed E-state index contributed by atoms with van der Waals surface area (Å²) in [7, 11) is 0. The van der Waals surface area contributed by atoms with Crippen LogP contribution >= 0.6 is 0 Å². The Labute approximate surface area is 259 Å². The van der Waals surface area contributed by atoms with Crippen LogP contribution in [0.5, 0.6) is 11.8 Å². The Balaban J connectivity index is 1.27. The van der Waals surface area contributed by atoms with Gasteiger partial charge in [0, 0.05) is 56.3 Å². The molecule has 4 saturated heterocycles. The Morgan fingerprint density at radius 2 is 1.96 bits per heavy atom. The van der Waals surface area contributed by atoms with Crippen LogP contribution in [0.15, 0.2) is 30.5 Å². The number of phenols is 1. The first-order valence-electron chi connectivity index (χ1n) is 16.1. The van der Waals surface area contributed by atoms with Crippen molar-refractivity contribution in [3.8, 4) is 23.0 Å². The molecule has 4 fully saturated rings. The van der Waals surface area contributed by atoms with E-state index in [2.05, 4.69) is 25.1 Å². The molecule has 1 unspecified atom stereocenters. The SMILES string of the molecule is CCc1c(F)ccc2cc(O)cc(-c3ncc4c(N5CCCC6(CNC6)C5)nc(OC[C@@]56CCCN5CC(F)C6)nc4c3F)c12. The topological polar surface area (TPSA) is 86.6 Å². The summed E-state index contributed by atoms with van der Waals surface area (Å²) in [5.41, 5.74) is 0.469. The summed E-state index contributed by atoms with van der Waals surface area (Å²) in [4.78, 5) is 18.4. The average Bonchev–Trinajstić information content (AvgIpc) is 3.55. The van der Waals surface area contributed by atoms with Crippen molar-refractivity contribution < 1.29 is 23.0 Å². The number of anilines is 1. The smallest absolute Gasteiger partial charge is 0.319 e. The van der Waals surface area contributed by atoms with Gasteiger partial charge in [-0.2, -0.15) is 9.97 Å². The number of hydrogen-bond acceptors (Lipinski definition) is 8. The number of hydrogen-bond donors (Lipinski definition) is 2. The van der Waals surface area contributed by atoms with Crippen LogP contribution in [0.1, 0.15) is 44.6 Å². The second-order valence-electron chi connectivity index (χ2n) is 13.5. The van der Waals surface area contributed by atoms with E-state index in [4.69, 9.17) is 9.72 Å². The zero-order chi connectivity index (χ0) is 30.9. The number of alkyl halides is 1. The van der Waals surface area contributed by atoms with E-state index in [1.54, 1.807) is 18.3 Å². The van der Waals surface area contributed by atoms with E-state index in [1.807, 2.05) is 6.92 Å². The van der Waals surface area contributed by atoms with Crippen molar-refractivity contribution in [2.24, 2.45) is 5.41 Å². The first-order chi connectivity index (χ1) is 21.8. The van der Waals surface area contributed by atoms with Gasteiger partial charge in [-0.3, -0.25) is 9.88 Å². The number of fused-ring (bicyclic) bond motifs is 3. The second kappa shape index (κ2) is 10.7. The molecule has 236 valence electrons. The maximum Gasteiger partial charge on any atom is 0.319 e. The number of nitrogens with one attached hydrogen (secondary N) is 1. The van der Waals surface area contributed by atoms with E-state index < -0.39 is 23.3 Å². The summed E-state index contributed by atoms with van der Waals surface area (Å²) >= 11 is 0. The lowest BCUT2D eigenvalue weighted by molar-refractivity contribution is 0.107. The molecule has 0 aliphatic carbocycles. The van der Waals surface area contributed by atoms with Crippen molar-refractivity contribution in [2.75, 3.05) is 50.8 Å². The van der Waals surface area contributed by atoms with E-state index >= 15 is 4.39 Å². The fourth-order valence-corrected chi connectivity index (χ4v) is 8.35. The van der Waals surface area contributed by atoms with Gasteiger partial charge in [-0.05, 0) is 73.2 Å². The second-order valence-corrected chi connectivity index (χ2v) is 13.5. The van der Waals surface area contributed by atoms with Crippen LogP contribution in [0, 0.1) is 17.0 Å². The molecule has 1 spiro atoms. The molecular formula is C34H37F3N6O2. The van der Waals surface area contributed by atoms with Crippen molar-refractivity contribution in [2.45, 2.75) is 57.2 Å². The maximum absolute atomic E-state index is 16.8. The third-order valence-corrected chi connectivity index (χ3v) is 10.6. The van der Waals surface area contributed by atoms with Crippen LogP contribution in [0.2, 0.25) is 0 Å². The third-order valence-electron chi connectivity index (χ3n) is 10.6. The van der Waals surface area contributed by atoms with E-state index in [0.29, 0.717) is 52.5 Å². The number of aromatic nitrogens is 3. The average molecular weight is 619 g/mol. The Bertz CT molecular complexity index is 1820. The minimum atomic E-state index is -0.899. The number of rotatable bonds is 6. The molecule has 8 nitrogen and oxygen atoms in total. The number of pyridine rings is 1. The monoisotopic (exact) mass is 618 g/mol. The fraction of sp³-hybridized carbons (Fsp3) is 0.500. The third kappa shape index (κ3) is 4.69. The number of aryl methyl sites for hydroxylation is 1. The van der Waals surface area contributed by atoms with Crippen molar-refractivity contribution in [1.29, 1.82) is 0 Å². The molecule has 4 aromatic rings. The summed E-state index contributed by atoms with van der Waals surface area (Å²) in [6.07, 6.45) is 5.37. The standard InChI is InChI=1S/C34H37F3N6O2/c1-2-23-26(36)6-5-20-11-22(44)12-24(27(20)23)29-28(37)30-25(14-39-29)31(42-9-3-7-33(18-42)16-38-17-33)41-32(40-30)45-19-34-8-4-10-43(34)15-21(35)13-34/h5-6,11-12,14,21,38,44H,2-4,7-10,13,15-19H2,1H3/t21?,34-/m0/s1. The Kier molecular flexibility index (Phi) is 6.83. The van der Waals surface area contributed by atoms with Gasteiger partial charge < -0.3 is 20.1 Å². The molecule has 2 aromatic heterocycles. The van der Waals surface area contributed by atoms with E-state index in [0.717, 1.165) is 58.4 Å². The summed E-state index contributed by atoms with van der Waals surface area (Å²) in [6, 6.07) is 5.96. The minimum Gasteiger partial charge on any atom is -0.508 e. The zero-order valence-corrected chi connectivity index (χ0v) is 25.4. The molecule has 11 heteroatoms. The van der Waals surface area contributed by atoms with Crippen LogP contribution in [0.3, 0.4) is 0 Å². The van der Waals surface area contributed by atoms with Gasteiger partial charge in [0.2, 0.25) is 0 Å². The first-order valence-corrected chi connectivity index (χ1v) is 16.1. The van der Waals surface area contributed by atoms with Gasteiger partial charge >= 0.3 is 6.01 Å². The number of ether oxygens (including phenoxy) is 1. The number of nitrogens with zero attached hydrogens (tertiary/aromatic N) is 5. The van der Waals surface area contributed by atoms with Gasteiger partial charge in [0.05, 0.1) is 10.9 Å². The maximum atomic E-state index is 16.8. The van der Waals surface area contributed by atoms with E-state index in [9.17, 15) is 13.9 Å². The zero-order valence-electron chi connectivity index (χ0n) is 25.4. The predicted octanol–water partition coefficient (Wildman–Crippen LogP) is 5.54. The Morgan fingerprint density at radius 3 is 2.76 bits per heavy atom. The van der Waals surface area contributed by atoms with Gasteiger partial charge in [-0.25, -0.2) is 13.2 Å². The quantitative estimate of drug-likeness (QED) is 0.292. The van der Waals surface area contributed by atoms with Crippen LogP contribution in [0.4, 0.5) is 19.0 Å². The first kappa shape index (κ1) is 28.8. The highest BCUT2D eigenvalue weighted by molar-refractivity contribution is 6.01. The largest absolute Gasteiger partial charge is 0.508 e. The minimum absolute atomic E-state index is 0.0331. The van der Waals surface area contributed by atoms with Gasteiger partial charge in [-0.15, -0.1) is 0 Å². The lowest BCUT2D eigenvalue weighted by atomic mass is 9.75. The number of piperidine rings is 1. The molecule has 4 aliphatic rings. The molecule has 0 saturated carbocycles. The fourth-order valence-electron chi connectivity index (χ4n) is 8.35. The van der Waals surface area contributed by atoms with Gasteiger partial charge in [0.1, 0.15) is 41.4 Å². The summed E-state index contributed by atoms with van der Waals surface area (Å²) in [6.45, 7) is 6.68. The van der Waals surface area contributed by atoms with Crippen LogP contribution in [-0.4, -0.2) is 82.5 Å². The Morgan fingerprint density at radius 1 is 1.11 bits per heavy atom. The summed E-state index contributed by atoms with van der Waals surface area (Å²) in [5, 5.41) is 15.5. The number of aromatic hydroxyl groups is 1. The molecule has 2 N–H and O–H groups in total. The van der Waals surface area contributed by atoms with Gasteiger partial charge in [0.15, 0.2) is 5.82 Å². The van der Waals surface area contributed by atoms with Crippen LogP contribution in [0.25, 0.3) is 32.9 Å². The van der Waals surface area contributed by atoms with Crippen LogP contribution in [-0.2, 0) is 6.42 Å². The van der Waals surface area contributed by atoms with E-state index in [1.165, 1.54) is 12.1 Å². The highest BCUT2D eigenvalue weighted by Gasteiger charge is 2.49. The highest BCUT2D eigenvalue weighted by atomic mass is 19.1. The molecule has 45 heavy (non-hydrogen) atoms. The molecule has 0 bridgehead atoms. The van der Waals surface area contributed by atoms with Gasteiger partial charge in [0.25, 0.3) is 0 Å². The van der Waals surface area contributed by atoms with Gasteiger partial charge in [-0.1, -0.05) is 13.0 Å². The molecule has 2 aromatic carbocycles. The van der Waals surface area contributed by atoms with Crippen molar-refractivity contribution in [3.63, 3.8) is 0 Å². The van der Waals surface area contributed by atoms with E-state index in [-0.39, 0.29) is 35.0 Å². The lowest BCUT2D eigenvalue weighted by Crippen LogP contribution is -2.61. The summed E-state index contributed by atoms with van der Waals surface area (Å²) in [5.74, 6) is -0.599. The van der Waals surface area contributed by atoms with Crippen LogP contribution < -0.4 is 15.0 Å². The molecule has 6 heterocycles. The van der Waals surface area contributed by atoms with Crippen molar-refractivity contribution >= 4 is 27.5 Å². The number of halogens is 3. The molecular weight excluding hydrogens is 581 g/mol. The molecule has 0 amide bonds. The highest BCUT2D eigenvalue weighted by Crippen LogP contribution is 2.43. The Hall–Kier alpha value is -3.70. The molecule has 2 atom stereocenters. The lowest BCUT2D eigenvalue weighted by Gasteiger charge is -2.49. The number of benzene rings is 2. The van der Waals surface area contributed by atoms with Crippen molar-refractivity contribution in [1.82, 2.24) is 25.2 Å². The van der Waals surface area contributed by atoms with Crippen molar-refractivity contribution in [3.05, 3.63) is 47.7 Å². The molecule has 0 radical (unpaired) electrons. The molecule has 4 aliphatic heterocycles. The molecule has 8 rings (SSSR count). The predicted molar refractivity (Wildman–Crippen MR) is 167 cm³/mol.